The van der Waals surface area contributed by atoms with Crippen molar-refractivity contribution < 1.29 is 8.78 Å². The van der Waals surface area contributed by atoms with Gasteiger partial charge in [-0.05, 0) is 30.3 Å². The van der Waals surface area contributed by atoms with Crippen LogP contribution in [-0.2, 0) is 0 Å². The van der Waals surface area contributed by atoms with E-state index in [1.165, 1.54) is 23.5 Å². The van der Waals surface area contributed by atoms with Crippen LogP contribution in [0, 0.1) is 11.6 Å². The zero-order valence-electron chi connectivity index (χ0n) is 9.75. The zero-order valence-corrected chi connectivity index (χ0v) is 12.9. The molecule has 0 unspecified atom stereocenters. The summed E-state index contributed by atoms with van der Waals surface area (Å²) >= 11 is 10.2. The van der Waals surface area contributed by atoms with Gasteiger partial charge < -0.3 is 5.32 Å². The van der Waals surface area contributed by atoms with E-state index in [1.54, 1.807) is 18.2 Å². The lowest BCUT2D eigenvalue weighted by Crippen LogP contribution is -1.97. The Bertz CT molecular complexity index is 783. The van der Waals surface area contributed by atoms with Crippen molar-refractivity contribution in [3.05, 3.63) is 51.5 Å². The van der Waals surface area contributed by atoms with Gasteiger partial charge in [0.15, 0.2) is 16.8 Å². The van der Waals surface area contributed by atoms with Gasteiger partial charge in [0.25, 0.3) is 0 Å². The largest absolute Gasteiger partial charge is 0.327 e. The molecule has 102 valence electrons. The molecule has 20 heavy (non-hydrogen) atoms. The Balaban J connectivity index is 2.01. The van der Waals surface area contributed by atoms with E-state index >= 15 is 0 Å². The third kappa shape index (κ3) is 2.63. The molecule has 0 aliphatic carbocycles. The lowest BCUT2D eigenvalue weighted by molar-refractivity contribution is 0.589. The summed E-state index contributed by atoms with van der Waals surface area (Å²) in [6, 6.07) is 7.61. The average molecular weight is 376 g/mol. The molecule has 0 radical (unpaired) electrons. The predicted octanol–water partition coefficient (Wildman–Crippen LogP) is 5.73. The summed E-state index contributed by atoms with van der Waals surface area (Å²) in [6.07, 6.45) is 0. The number of nitrogens with one attached hydrogen (secondary N) is 1. The molecule has 0 saturated heterocycles. The number of aromatic nitrogens is 1. The van der Waals surface area contributed by atoms with Gasteiger partial charge in [-0.1, -0.05) is 38.9 Å². The number of hydrogen-bond donors (Lipinski definition) is 1. The number of halogens is 4. The van der Waals surface area contributed by atoms with Crippen LogP contribution in [0.3, 0.4) is 0 Å². The molecule has 0 aliphatic heterocycles. The molecule has 1 N–H and O–H groups in total. The van der Waals surface area contributed by atoms with Crippen LogP contribution in [0.2, 0.25) is 5.02 Å². The molecule has 1 heterocycles. The standard InChI is InChI=1S/C13H6BrClF2N2S/c14-6-3-8(16)12(9(17)4-6)19-13-18-10-2-1-7(15)5-11(10)20-13/h1-5H,(H,18,19). The number of anilines is 2. The van der Waals surface area contributed by atoms with Crippen molar-refractivity contribution in [3.8, 4) is 0 Å². The van der Waals surface area contributed by atoms with Crippen molar-refractivity contribution in [1.29, 1.82) is 0 Å². The highest BCUT2D eigenvalue weighted by Crippen LogP contribution is 2.32. The van der Waals surface area contributed by atoms with Crippen molar-refractivity contribution in [3.63, 3.8) is 0 Å². The highest BCUT2D eigenvalue weighted by molar-refractivity contribution is 9.10. The Labute approximate surface area is 130 Å². The van der Waals surface area contributed by atoms with E-state index in [-0.39, 0.29) is 5.69 Å². The fraction of sp³-hybridized carbons (Fsp3) is 0. The third-order valence-electron chi connectivity index (χ3n) is 2.59. The first-order chi connectivity index (χ1) is 9.52. The van der Waals surface area contributed by atoms with Gasteiger partial charge >= 0.3 is 0 Å². The Morgan fingerprint density at radius 1 is 1.15 bits per heavy atom. The van der Waals surface area contributed by atoms with Crippen LogP contribution in [0.15, 0.2) is 34.8 Å². The van der Waals surface area contributed by atoms with Crippen LogP contribution >= 0.6 is 38.9 Å². The second-order valence-corrected chi connectivity index (χ2v) is 6.38. The second kappa shape index (κ2) is 5.27. The average Bonchev–Trinajstić information content (AvgIpc) is 2.75. The van der Waals surface area contributed by atoms with Gasteiger partial charge in [-0.15, -0.1) is 0 Å². The molecule has 0 bridgehead atoms. The molecule has 0 saturated carbocycles. The number of thiazole rings is 1. The molecule has 2 nitrogen and oxygen atoms in total. The van der Waals surface area contributed by atoms with Gasteiger partial charge in [0.1, 0.15) is 5.69 Å². The molecular formula is C13H6BrClF2N2S. The third-order valence-corrected chi connectivity index (χ3v) is 4.22. The summed E-state index contributed by atoms with van der Waals surface area (Å²) in [5.41, 5.74) is 0.498. The quantitative estimate of drug-likeness (QED) is 0.618. The number of rotatable bonds is 2. The number of fused-ring (bicyclic) bond motifs is 1. The minimum atomic E-state index is -0.686. The molecule has 0 atom stereocenters. The van der Waals surface area contributed by atoms with Gasteiger partial charge in [-0.25, -0.2) is 13.8 Å². The highest BCUT2D eigenvalue weighted by atomic mass is 79.9. The molecular weight excluding hydrogens is 370 g/mol. The van der Waals surface area contributed by atoms with E-state index in [1.807, 2.05) is 0 Å². The van der Waals surface area contributed by atoms with Crippen molar-refractivity contribution in [2.45, 2.75) is 0 Å². The molecule has 0 aliphatic rings. The van der Waals surface area contributed by atoms with Crippen LogP contribution in [0.1, 0.15) is 0 Å². The number of nitrogens with zero attached hydrogens (tertiary/aromatic N) is 1. The Hall–Kier alpha value is -1.24. The van der Waals surface area contributed by atoms with Crippen molar-refractivity contribution in [1.82, 2.24) is 4.98 Å². The normalized spacial score (nSPS) is 11.0. The van der Waals surface area contributed by atoms with Crippen LogP contribution in [0.25, 0.3) is 10.2 Å². The van der Waals surface area contributed by atoms with E-state index in [2.05, 4.69) is 26.2 Å². The summed E-state index contributed by atoms with van der Waals surface area (Å²) in [5, 5.41) is 3.67. The fourth-order valence-electron chi connectivity index (χ4n) is 1.72. The Morgan fingerprint density at radius 3 is 2.55 bits per heavy atom. The van der Waals surface area contributed by atoms with E-state index < -0.39 is 11.6 Å². The minimum Gasteiger partial charge on any atom is -0.327 e. The summed E-state index contributed by atoms with van der Waals surface area (Å²) in [7, 11) is 0. The maximum Gasteiger partial charge on any atom is 0.188 e. The first-order valence-electron chi connectivity index (χ1n) is 5.50. The van der Waals surface area contributed by atoms with Gasteiger partial charge in [0.05, 0.1) is 10.2 Å². The summed E-state index contributed by atoms with van der Waals surface area (Å²) in [5.74, 6) is -1.37. The fourth-order valence-corrected chi connectivity index (χ4v) is 3.27. The number of benzene rings is 2. The molecule has 0 spiro atoms. The molecule has 0 fully saturated rings. The van der Waals surface area contributed by atoms with Crippen molar-refractivity contribution in [2.75, 3.05) is 5.32 Å². The van der Waals surface area contributed by atoms with Gasteiger partial charge in [0.2, 0.25) is 0 Å². The molecule has 3 rings (SSSR count). The van der Waals surface area contributed by atoms with Gasteiger partial charge in [0, 0.05) is 9.50 Å². The van der Waals surface area contributed by atoms with Gasteiger partial charge in [-0.3, -0.25) is 0 Å². The topological polar surface area (TPSA) is 24.9 Å². The molecule has 1 aromatic heterocycles. The maximum absolute atomic E-state index is 13.7. The monoisotopic (exact) mass is 374 g/mol. The highest BCUT2D eigenvalue weighted by Gasteiger charge is 2.13. The Morgan fingerprint density at radius 2 is 1.85 bits per heavy atom. The zero-order chi connectivity index (χ0) is 14.3. The van der Waals surface area contributed by atoms with Crippen LogP contribution < -0.4 is 5.32 Å². The van der Waals surface area contributed by atoms with Crippen LogP contribution in [0.4, 0.5) is 19.6 Å². The van der Waals surface area contributed by atoms with E-state index in [0.29, 0.717) is 14.6 Å². The molecule has 0 amide bonds. The second-order valence-electron chi connectivity index (χ2n) is 4.00. The van der Waals surface area contributed by atoms with Crippen LogP contribution in [0.5, 0.6) is 0 Å². The lowest BCUT2D eigenvalue weighted by atomic mass is 10.3. The Kier molecular flexibility index (Phi) is 3.62. The maximum atomic E-state index is 13.7. The molecule has 7 heteroatoms. The van der Waals surface area contributed by atoms with Crippen LogP contribution in [-0.4, -0.2) is 4.98 Å². The number of hydrogen-bond acceptors (Lipinski definition) is 3. The minimum absolute atomic E-state index is 0.224. The predicted molar refractivity (Wildman–Crippen MR) is 82.0 cm³/mol. The first-order valence-corrected chi connectivity index (χ1v) is 7.49. The van der Waals surface area contributed by atoms with Crippen molar-refractivity contribution >= 4 is 59.9 Å². The first kappa shape index (κ1) is 13.7. The van der Waals surface area contributed by atoms with Crippen molar-refractivity contribution in [2.24, 2.45) is 0 Å². The van der Waals surface area contributed by atoms with E-state index in [0.717, 1.165) is 10.2 Å². The lowest BCUT2D eigenvalue weighted by Gasteiger charge is -2.06. The summed E-state index contributed by atoms with van der Waals surface area (Å²) < 4.78 is 28.7. The van der Waals surface area contributed by atoms with E-state index in [4.69, 9.17) is 11.6 Å². The summed E-state index contributed by atoms with van der Waals surface area (Å²) in [6.45, 7) is 0. The molecule has 2 aromatic carbocycles. The SMILES string of the molecule is Fc1cc(Br)cc(F)c1Nc1nc2ccc(Cl)cc2s1. The summed E-state index contributed by atoms with van der Waals surface area (Å²) in [4.78, 5) is 4.26. The molecule has 3 aromatic rings. The van der Waals surface area contributed by atoms with Gasteiger partial charge in [-0.2, -0.15) is 0 Å². The smallest absolute Gasteiger partial charge is 0.188 e. The van der Waals surface area contributed by atoms with E-state index in [9.17, 15) is 8.78 Å².